The van der Waals surface area contributed by atoms with Gasteiger partial charge in [0, 0.05) is 71.9 Å². The highest BCUT2D eigenvalue weighted by atomic mass is 35.5. The summed E-state index contributed by atoms with van der Waals surface area (Å²) in [6.07, 6.45) is -11.9. The summed E-state index contributed by atoms with van der Waals surface area (Å²) >= 11 is 0. The number of aliphatic hydroxyl groups is 6. The Hall–Kier alpha value is -7.51. The van der Waals surface area contributed by atoms with Crippen LogP contribution in [0.2, 0.25) is 0 Å². The molecule has 4 aliphatic carbocycles. The molecule has 28 heteroatoms. The molecule has 0 spiro atoms. The zero-order valence-corrected chi connectivity index (χ0v) is 47.3. The van der Waals surface area contributed by atoms with E-state index in [0.717, 1.165) is 0 Å². The van der Waals surface area contributed by atoms with Crippen LogP contribution in [0.15, 0.2) is 36.4 Å². The largest absolute Gasteiger partial charge is 1.00 e. The predicted octanol–water partition coefficient (Wildman–Crippen LogP) is -3.69. The first-order valence-electron chi connectivity index (χ1n) is 26.9. The average Bonchev–Trinajstić information content (AvgIpc) is 0.731. The summed E-state index contributed by atoms with van der Waals surface area (Å²) in [6, 6.07) is 7.19. The number of ketones is 6. The molecule has 0 bridgehead atoms. The van der Waals surface area contributed by atoms with Crippen LogP contribution >= 0.6 is 0 Å². The molecule has 2 fully saturated rings. The van der Waals surface area contributed by atoms with E-state index in [4.69, 9.17) is 33.5 Å². The Morgan fingerprint density at radius 2 is 1.02 bits per heavy atom. The van der Waals surface area contributed by atoms with Crippen LogP contribution in [0.4, 0.5) is 0 Å². The monoisotopic (exact) mass is 1220 g/mol. The zero-order valence-electron chi connectivity index (χ0n) is 46.5. The number of rotatable bonds is 14. The van der Waals surface area contributed by atoms with Crippen molar-refractivity contribution in [1.29, 1.82) is 0 Å². The summed E-state index contributed by atoms with van der Waals surface area (Å²) in [5.41, 5.74) is -3.80. The van der Waals surface area contributed by atoms with Gasteiger partial charge in [0.1, 0.15) is 77.2 Å². The van der Waals surface area contributed by atoms with E-state index in [1.807, 2.05) is 0 Å². The maximum absolute atomic E-state index is 13.8. The van der Waals surface area contributed by atoms with Gasteiger partial charge in [-0.05, 0) is 26.0 Å². The van der Waals surface area contributed by atoms with Crippen LogP contribution in [0.1, 0.15) is 151 Å². The molecular formula is C58H63ClN2O25. The van der Waals surface area contributed by atoms with Crippen molar-refractivity contribution in [2.45, 2.75) is 138 Å². The van der Waals surface area contributed by atoms with E-state index in [-0.39, 0.29) is 87.7 Å². The number of nitrogens with one attached hydrogen (secondary N) is 1. The highest BCUT2D eigenvalue weighted by molar-refractivity contribution is 6.32. The lowest BCUT2D eigenvalue weighted by molar-refractivity contribution is -0.466. The van der Waals surface area contributed by atoms with Gasteiger partial charge in [0.15, 0.2) is 35.7 Å². The normalized spacial score (nSPS) is 27.9. The van der Waals surface area contributed by atoms with E-state index in [1.165, 1.54) is 57.5 Å². The SMILES string of the molecule is COc1cccc2c1C(=O)c1c(O)c3c(c(O)c1C2=O)C[C@@](O)(C(=O)CO)C[C@@H]3O[C@H]1C[C@@H](NC(=O)CCC(=O)O)[C@H](O)C(C)O1.COc1cccc2c1C(=O)c1c(O)c3c(c(O)c1C2=O)C[C@@](O)(C(=O)CO)C[C@@H]3O[C@H]1C[C@@H]([NH3+])[C@H](O)C(C)O1.[Cl-]. The van der Waals surface area contributed by atoms with Crippen molar-refractivity contribution in [3.05, 3.63) is 103 Å². The van der Waals surface area contributed by atoms with E-state index < -0.39 is 210 Å². The first-order chi connectivity index (χ1) is 40.1. The van der Waals surface area contributed by atoms with E-state index >= 15 is 0 Å². The van der Waals surface area contributed by atoms with Crippen molar-refractivity contribution in [3.63, 3.8) is 0 Å². The quantitative estimate of drug-likeness (QED) is 0.0467. The molecule has 1 amide bonds. The molecule has 462 valence electrons. The molecule has 2 aliphatic heterocycles. The first-order valence-corrected chi connectivity index (χ1v) is 26.9. The summed E-state index contributed by atoms with van der Waals surface area (Å²) in [5.74, 6) is -9.72. The minimum atomic E-state index is -2.35. The minimum Gasteiger partial charge on any atom is -1.00 e. The van der Waals surface area contributed by atoms with Crippen LogP contribution in [0.5, 0.6) is 34.5 Å². The molecule has 2 heterocycles. The Balaban J connectivity index is 0.000000224. The fraction of sp³-hybridized carbons (Fsp3) is 0.448. The van der Waals surface area contributed by atoms with E-state index in [0.29, 0.717) is 0 Å². The van der Waals surface area contributed by atoms with Crippen molar-refractivity contribution >= 4 is 46.6 Å². The number of amides is 1. The fourth-order valence-electron chi connectivity index (χ4n) is 12.2. The number of aliphatic hydroxyl groups excluding tert-OH is 4. The molecule has 0 aromatic heterocycles. The number of phenols is 4. The summed E-state index contributed by atoms with van der Waals surface area (Å²) in [4.78, 5) is 103. The van der Waals surface area contributed by atoms with Gasteiger partial charge in [-0.3, -0.25) is 38.4 Å². The molecule has 27 nitrogen and oxygen atoms in total. The number of carboxylic acids is 1. The molecule has 0 radical (unpaired) electrons. The molecule has 6 aliphatic rings. The number of aliphatic carboxylic acids is 1. The number of Topliss-reactive ketones (excluding diaryl/α,β-unsaturated/α-hetero) is 2. The van der Waals surface area contributed by atoms with Gasteiger partial charge in [0.05, 0.1) is 90.9 Å². The lowest BCUT2D eigenvalue weighted by atomic mass is 9.72. The first kappa shape index (κ1) is 64.5. The van der Waals surface area contributed by atoms with Crippen LogP contribution < -0.4 is 32.9 Å². The molecule has 4 aromatic rings. The molecule has 12 atom stereocenters. The summed E-state index contributed by atoms with van der Waals surface area (Å²) in [5, 5.41) is 120. The van der Waals surface area contributed by atoms with E-state index in [2.05, 4.69) is 11.1 Å². The van der Waals surface area contributed by atoms with Gasteiger partial charge in [0.2, 0.25) is 17.5 Å². The second-order valence-electron chi connectivity index (χ2n) is 21.8. The van der Waals surface area contributed by atoms with Gasteiger partial charge in [0.25, 0.3) is 0 Å². The Bertz CT molecular complexity index is 3470. The molecule has 4 aromatic carbocycles. The average molecular weight is 1220 g/mol. The highest BCUT2D eigenvalue weighted by Gasteiger charge is 2.53. The number of benzene rings is 4. The molecule has 0 saturated carbocycles. The van der Waals surface area contributed by atoms with Crippen molar-refractivity contribution in [3.8, 4) is 34.5 Å². The highest BCUT2D eigenvalue weighted by Crippen LogP contribution is 2.55. The standard InChI is InChI=1S/C31H33NO14.C27H29NO11.ClH/c1-12-26(38)15(32-19(35)6-7-20(36)37)8-21(45-12)46-17-10-31(43,18(34)11-33)9-14-23(17)30(42)25-24(28(14)40)27(39)13-4-3-5-16(44-2)22(13)29(25)41;1-10-22(31)13(28)6-17(38-10)39-15-8-27(36,16(30)9-29)7-12-19(15)26(35)21-20(24(12)33)23(32)11-4-3-5-14(37-2)18(11)25(21)34;/h3-5,12,15,17,21,26,33,38,40,42-43H,6-11H2,1-2H3,(H,32,35)(H,36,37);3-5,10,13,15,17,22,29,31,33,35-36H,6-9,28H2,1-2H3;1H/t12?,15-,17+,21+,26-,31+;10?,13-,15+,17+,22-,27+;/m11./s1. The molecule has 86 heavy (non-hydrogen) atoms. The second-order valence-corrected chi connectivity index (χ2v) is 21.8. The van der Waals surface area contributed by atoms with Gasteiger partial charge in [-0.15, -0.1) is 0 Å². The number of halogens is 1. The van der Waals surface area contributed by atoms with Crippen molar-refractivity contribution in [1.82, 2.24) is 5.32 Å². The second kappa shape index (κ2) is 24.7. The van der Waals surface area contributed by atoms with Gasteiger partial charge in [-0.25, -0.2) is 0 Å². The maximum atomic E-state index is 13.8. The molecule has 15 N–H and O–H groups in total. The third-order valence-corrected chi connectivity index (χ3v) is 16.6. The summed E-state index contributed by atoms with van der Waals surface area (Å²) in [7, 11) is 2.62. The molecular weight excluding hydrogens is 1160 g/mol. The van der Waals surface area contributed by atoms with Gasteiger partial charge in [-0.1, -0.05) is 24.3 Å². The van der Waals surface area contributed by atoms with Crippen LogP contribution in [0.3, 0.4) is 0 Å². The zero-order chi connectivity index (χ0) is 62.0. The lowest BCUT2D eigenvalue weighted by Crippen LogP contribution is -3.00. The summed E-state index contributed by atoms with van der Waals surface area (Å²) < 4.78 is 34.2. The van der Waals surface area contributed by atoms with Crippen LogP contribution in [-0.2, 0) is 51.0 Å². The minimum absolute atomic E-state index is 0. The Morgan fingerprint density at radius 1 is 0.616 bits per heavy atom. The fourth-order valence-corrected chi connectivity index (χ4v) is 12.2. The third-order valence-electron chi connectivity index (χ3n) is 16.6. The number of phenolic OH excluding ortho intramolecular Hbond substituents is 4. The Kier molecular flexibility index (Phi) is 18.5. The number of fused-ring (bicyclic) bond motifs is 6. The molecule has 2 unspecified atom stereocenters. The number of hydrogen-bond acceptors (Lipinski definition) is 24. The number of carbonyl (C=O) groups excluding carboxylic acids is 7. The molecule has 2 saturated heterocycles. The number of hydrogen-bond donors (Lipinski definition) is 13. The lowest BCUT2D eigenvalue weighted by Gasteiger charge is -2.43. The van der Waals surface area contributed by atoms with E-state index in [9.17, 15) is 89.4 Å². The molecule has 10 rings (SSSR count). The van der Waals surface area contributed by atoms with Crippen molar-refractivity contribution in [2.24, 2.45) is 0 Å². The smallest absolute Gasteiger partial charge is 0.303 e. The number of carbonyl (C=O) groups is 8. The van der Waals surface area contributed by atoms with Gasteiger partial charge in [-0.2, -0.15) is 0 Å². The van der Waals surface area contributed by atoms with Crippen LogP contribution in [0.25, 0.3) is 0 Å². The van der Waals surface area contributed by atoms with Crippen LogP contribution in [-0.4, -0.2) is 190 Å². The maximum Gasteiger partial charge on any atom is 0.303 e. The van der Waals surface area contributed by atoms with Crippen molar-refractivity contribution < 1.29 is 141 Å². The number of ether oxygens (including phenoxy) is 6. The number of quaternary nitrogens is 1. The number of methoxy groups -OCH3 is 2. The predicted molar refractivity (Wildman–Crippen MR) is 283 cm³/mol. The number of aromatic hydroxyl groups is 4. The van der Waals surface area contributed by atoms with Crippen LogP contribution in [0, 0.1) is 0 Å². The van der Waals surface area contributed by atoms with Gasteiger partial charge < -0.3 is 108 Å². The number of carboxylic acid groups (broad SMARTS) is 1. The van der Waals surface area contributed by atoms with E-state index in [1.54, 1.807) is 6.92 Å². The topological polar surface area (TPSA) is 454 Å². The third kappa shape index (κ3) is 11.2. The Labute approximate surface area is 494 Å². The summed E-state index contributed by atoms with van der Waals surface area (Å²) in [6.45, 7) is 0.999. The van der Waals surface area contributed by atoms with Crippen molar-refractivity contribution in [2.75, 3.05) is 27.4 Å². The van der Waals surface area contributed by atoms with Gasteiger partial charge >= 0.3 is 5.97 Å². The Morgan fingerprint density at radius 3 is 1.42 bits per heavy atom.